The Morgan fingerprint density at radius 2 is 1.89 bits per heavy atom. The summed E-state index contributed by atoms with van der Waals surface area (Å²) >= 11 is 1.35. The second-order valence-corrected chi connectivity index (χ2v) is 8.24. The molecule has 7 heteroatoms. The van der Waals surface area contributed by atoms with Gasteiger partial charge in [0, 0.05) is 31.6 Å². The fraction of sp³-hybridized carbons (Fsp3) is 0.667. The van der Waals surface area contributed by atoms with Gasteiger partial charge in [0.15, 0.2) is 0 Å². The minimum atomic E-state index is -3.36. The highest BCUT2D eigenvalue weighted by Crippen LogP contribution is 2.27. The van der Waals surface area contributed by atoms with Gasteiger partial charge in [-0.15, -0.1) is 11.3 Å². The van der Waals surface area contributed by atoms with E-state index in [4.69, 9.17) is 0 Å². The van der Waals surface area contributed by atoms with E-state index in [1.165, 1.54) is 15.6 Å². The number of hydrogen-bond donors (Lipinski definition) is 1. The molecule has 0 fully saturated rings. The van der Waals surface area contributed by atoms with Gasteiger partial charge in [0.25, 0.3) is 10.0 Å². The number of aryl methyl sites for hydroxylation is 1. The number of nitrogens with zero attached hydrogens (tertiary/aromatic N) is 2. The van der Waals surface area contributed by atoms with E-state index in [-0.39, 0.29) is 0 Å². The average Bonchev–Trinajstić information content (AvgIpc) is 2.69. The van der Waals surface area contributed by atoms with Gasteiger partial charge in [0.05, 0.1) is 0 Å². The van der Waals surface area contributed by atoms with Crippen molar-refractivity contribution in [1.82, 2.24) is 14.5 Å². The zero-order valence-electron chi connectivity index (χ0n) is 12.2. The summed E-state index contributed by atoms with van der Waals surface area (Å²) in [6, 6.07) is 1.76. The second kappa shape index (κ2) is 6.81. The summed E-state index contributed by atoms with van der Waals surface area (Å²) in [5.41, 5.74) is 1.03. The summed E-state index contributed by atoms with van der Waals surface area (Å²) in [5, 5.41) is 3.05. The molecule has 1 heterocycles. The van der Waals surface area contributed by atoms with Crippen LogP contribution in [0.2, 0.25) is 0 Å². The van der Waals surface area contributed by atoms with Crippen molar-refractivity contribution >= 4 is 21.4 Å². The number of sulfonamides is 1. The maximum Gasteiger partial charge on any atom is 0.252 e. The first-order valence-corrected chi connectivity index (χ1v) is 8.39. The van der Waals surface area contributed by atoms with Crippen LogP contribution in [0.15, 0.2) is 10.3 Å². The van der Waals surface area contributed by atoms with Crippen LogP contribution >= 0.6 is 11.3 Å². The second-order valence-electron chi connectivity index (χ2n) is 4.83. The van der Waals surface area contributed by atoms with E-state index in [1.54, 1.807) is 13.1 Å². The Kier molecular flexibility index (Phi) is 5.94. The minimum Gasteiger partial charge on any atom is -0.315 e. The predicted molar refractivity (Wildman–Crippen MR) is 80.2 cm³/mol. The van der Waals surface area contributed by atoms with E-state index in [2.05, 4.69) is 5.32 Å². The molecule has 0 aliphatic rings. The Bertz CT molecular complexity index is 509. The molecule has 0 amide bonds. The first-order valence-electron chi connectivity index (χ1n) is 6.14. The largest absolute Gasteiger partial charge is 0.315 e. The van der Waals surface area contributed by atoms with E-state index in [0.717, 1.165) is 10.4 Å². The first-order chi connectivity index (χ1) is 8.78. The lowest BCUT2D eigenvalue weighted by molar-refractivity contribution is 0.359. The highest BCUT2D eigenvalue weighted by Gasteiger charge is 2.23. The van der Waals surface area contributed by atoms with Crippen LogP contribution in [-0.2, 0) is 16.6 Å². The molecule has 0 aromatic carbocycles. The standard InChI is InChI=1S/C12H23N3O2S2/c1-10-8-12(18-11(10)9-13-2)19(16,17)15(5)7-6-14(3)4/h8,13H,6-7,9H2,1-5H3. The quantitative estimate of drug-likeness (QED) is 0.815. The van der Waals surface area contributed by atoms with Gasteiger partial charge < -0.3 is 10.2 Å². The van der Waals surface area contributed by atoms with Crippen molar-refractivity contribution in [3.05, 3.63) is 16.5 Å². The molecule has 0 atom stereocenters. The Hall–Kier alpha value is -0.470. The smallest absolute Gasteiger partial charge is 0.252 e. The highest BCUT2D eigenvalue weighted by atomic mass is 32.2. The van der Waals surface area contributed by atoms with Crippen molar-refractivity contribution in [2.45, 2.75) is 17.7 Å². The van der Waals surface area contributed by atoms with E-state index in [9.17, 15) is 8.42 Å². The molecule has 5 nitrogen and oxygen atoms in total. The van der Waals surface area contributed by atoms with Crippen molar-refractivity contribution in [3.63, 3.8) is 0 Å². The van der Waals surface area contributed by atoms with Crippen molar-refractivity contribution in [2.75, 3.05) is 41.3 Å². The van der Waals surface area contributed by atoms with Crippen LogP contribution in [0.1, 0.15) is 10.4 Å². The van der Waals surface area contributed by atoms with Crippen molar-refractivity contribution in [3.8, 4) is 0 Å². The number of nitrogens with one attached hydrogen (secondary N) is 1. The molecule has 0 saturated carbocycles. The van der Waals surface area contributed by atoms with Crippen LogP contribution in [0.3, 0.4) is 0 Å². The van der Waals surface area contributed by atoms with Crippen LogP contribution < -0.4 is 5.32 Å². The van der Waals surface area contributed by atoms with Crippen LogP contribution in [0.25, 0.3) is 0 Å². The van der Waals surface area contributed by atoms with Gasteiger partial charge in [0.1, 0.15) is 4.21 Å². The molecule has 0 unspecified atom stereocenters. The maximum atomic E-state index is 12.4. The van der Waals surface area contributed by atoms with E-state index in [0.29, 0.717) is 23.8 Å². The zero-order valence-corrected chi connectivity index (χ0v) is 13.9. The van der Waals surface area contributed by atoms with Gasteiger partial charge in [-0.05, 0) is 39.7 Å². The van der Waals surface area contributed by atoms with E-state index in [1.807, 2.05) is 33.0 Å². The Labute approximate surface area is 120 Å². The van der Waals surface area contributed by atoms with Gasteiger partial charge >= 0.3 is 0 Å². The molecular formula is C12H23N3O2S2. The Morgan fingerprint density at radius 1 is 1.26 bits per heavy atom. The molecule has 1 N–H and O–H groups in total. The molecule has 1 aromatic heterocycles. The van der Waals surface area contributed by atoms with Gasteiger partial charge in [0.2, 0.25) is 0 Å². The minimum absolute atomic E-state index is 0.427. The van der Waals surface area contributed by atoms with Crippen molar-refractivity contribution in [1.29, 1.82) is 0 Å². The molecule has 0 bridgehead atoms. The van der Waals surface area contributed by atoms with Crippen LogP contribution in [0.5, 0.6) is 0 Å². The van der Waals surface area contributed by atoms with Gasteiger partial charge in [-0.1, -0.05) is 0 Å². The Balaban J connectivity index is 2.90. The molecule has 1 rings (SSSR count). The molecule has 0 aliphatic heterocycles. The molecule has 110 valence electrons. The van der Waals surface area contributed by atoms with Gasteiger partial charge in [-0.2, -0.15) is 4.31 Å². The van der Waals surface area contributed by atoms with Crippen molar-refractivity contribution < 1.29 is 8.42 Å². The van der Waals surface area contributed by atoms with E-state index >= 15 is 0 Å². The molecular weight excluding hydrogens is 282 g/mol. The summed E-state index contributed by atoms with van der Waals surface area (Å²) in [5.74, 6) is 0. The SMILES string of the molecule is CNCc1sc(S(=O)(=O)N(C)CCN(C)C)cc1C. The van der Waals surface area contributed by atoms with Gasteiger partial charge in [-0.25, -0.2) is 8.42 Å². The zero-order chi connectivity index (χ0) is 14.6. The summed E-state index contributed by atoms with van der Waals surface area (Å²) in [4.78, 5) is 3.04. The summed E-state index contributed by atoms with van der Waals surface area (Å²) in [6.07, 6.45) is 0. The van der Waals surface area contributed by atoms with Crippen LogP contribution in [-0.4, -0.2) is 58.9 Å². The molecule has 0 saturated heterocycles. The molecule has 1 aromatic rings. The van der Waals surface area contributed by atoms with Crippen LogP contribution in [0, 0.1) is 6.92 Å². The lowest BCUT2D eigenvalue weighted by Crippen LogP contribution is -2.33. The molecule has 0 spiro atoms. The van der Waals surface area contributed by atoms with E-state index < -0.39 is 10.0 Å². The number of hydrogen-bond acceptors (Lipinski definition) is 5. The normalized spacial score (nSPS) is 12.6. The summed E-state index contributed by atoms with van der Waals surface area (Å²) < 4.78 is 26.7. The Morgan fingerprint density at radius 3 is 2.42 bits per heavy atom. The third-order valence-electron chi connectivity index (χ3n) is 2.86. The topological polar surface area (TPSA) is 52.7 Å². The number of rotatable bonds is 7. The highest BCUT2D eigenvalue weighted by molar-refractivity contribution is 7.91. The molecule has 0 aliphatic carbocycles. The van der Waals surface area contributed by atoms with Crippen molar-refractivity contribution in [2.24, 2.45) is 0 Å². The maximum absolute atomic E-state index is 12.4. The lowest BCUT2D eigenvalue weighted by Gasteiger charge is -2.18. The lowest BCUT2D eigenvalue weighted by atomic mass is 10.3. The monoisotopic (exact) mass is 305 g/mol. The number of thiophene rings is 1. The molecule has 0 radical (unpaired) electrons. The summed E-state index contributed by atoms with van der Waals surface area (Å²) in [6.45, 7) is 3.85. The van der Waals surface area contributed by atoms with Gasteiger partial charge in [-0.3, -0.25) is 0 Å². The van der Waals surface area contributed by atoms with Crippen LogP contribution in [0.4, 0.5) is 0 Å². The summed E-state index contributed by atoms with van der Waals surface area (Å²) in [7, 11) is 3.99. The average molecular weight is 305 g/mol. The third kappa shape index (κ3) is 4.25. The number of likely N-dealkylation sites (N-methyl/N-ethyl adjacent to an activating group) is 2. The fourth-order valence-corrected chi connectivity index (χ4v) is 4.54. The third-order valence-corrected chi connectivity index (χ3v) is 6.41. The predicted octanol–water partition coefficient (Wildman–Crippen LogP) is 0.958. The molecule has 19 heavy (non-hydrogen) atoms. The fourth-order valence-electron chi connectivity index (χ4n) is 1.57. The first kappa shape index (κ1) is 16.6.